The lowest BCUT2D eigenvalue weighted by Gasteiger charge is -2.20. The van der Waals surface area contributed by atoms with Gasteiger partial charge in [-0.05, 0) is 31.0 Å². The fourth-order valence-electron chi connectivity index (χ4n) is 2.13. The molecule has 8 heteroatoms. The van der Waals surface area contributed by atoms with Crippen LogP contribution in [0.4, 0.5) is 0 Å². The average molecular weight is 312 g/mol. The number of carboxylic acids is 1. The van der Waals surface area contributed by atoms with E-state index in [1.54, 1.807) is 6.92 Å². The Morgan fingerprint density at radius 3 is 2.76 bits per heavy atom. The summed E-state index contributed by atoms with van der Waals surface area (Å²) in [5.74, 6) is -1.55. The van der Waals surface area contributed by atoms with Crippen LogP contribution >= 0.6 is 0 Å². The van der Waals surface area contributed by atoms with E-state index in [2.05, 4.69) is 5.32 Å². The van der Waals surface area contributed by atoms with Gasteiger partial charge in [-0.25, -0.2) is 13.2 Å². The van der Waals surface area contributed by atoms with Crippen molar-refractivity contribution in [2.45, 2.75) is 18.2 Å². The second-order valence-electron chi connectivity index (χ2n) is 4.83. The summed E-state index contributed by atoms with van der Waals surface area (Å²) in [6.07, 6.45) is 0.517. The average Bonchev–Trinajstić information content (AvgIpc) is 2.64. The zero-order chi connectivity index (χ0) is 15.6. The number of rotatable bonds is 3. The zero-order valence-electron chi connectivity index (χ0n) is 11.5. The van der Waals surface area contributed by atoms with Crippen molar-refractivity contribution < 1.29 is 23.1 Å². The first kappa shape index (κ1) is 15.5. The van der Waals surface area contributed by atoms with E-state index in [0.29, 0.717) is 18.5 Å². The Hall–Kier alpha value is -1.93. The molecule has 1 fully saturated rings. The minimum atomic E-state index is -3.90. The maximum absolute atomic E-state index is 12.6. The van der Waals surface area contributed by atoms with Crippen molar-refractivity contribution in [3.8, 4) is 0 Å². The molecule has 0 bridgehead atoms. The second-order valence-corrected chi connectivity index (χ2v) is 6.73. The van der Waals surface area contributed by atoms with Crippen molar-refractivity contribution in [3.05, 3.63) is 29.3 Å². The number of carbonyl (C=O) groups is 2. The molecule has 1 amide bonds. The number of carboxylic acid groups (broad SMARTS) is 1. The fourth-order valence-corrected chi connectivity index (χ4v) is 3.82. The van der Waals surface area contributed by atoms with Gasteiger partial charge in [0.2, 0.25) is 15.9 Å². The molecule has 1 aliphatic heterocycles. The molecule has 21 heavy (non-hydrogen) atoms. The predicted octanol–water partition coefficient (Wildman–Crippen LogP) is 0.204. The first-order chi connectivity index (χ1) is 9.82. The molecule has 0 spiro atoms. The molecule has 0 atom stereocenters. The first-order valence-corrected chi connectivity index (χ1v) is 7.87. The van der Waals surface area contributed by atoms with E-state index in [4.69, 9.17) is 5.11 Å². The van der Waals surface area contributed by atoms with Gasteiger partial charge in [0, 0.05) is 13.1 Å². The zero-order valence-corrected chi connectivity index (χ0v) is 12.3. The Bertz CT molecular complexity index is 684. The maximum atomic E-state index is 12.6. The molecular weight excluding hydrogens is 296 g/mol. The smallest absolute Gasteiger partial charge is 0.335 e. The number of nitrogens with zero attached hydrogens (tertiary/aromatic N) is 1. The van der Waals surface area contributed by atoms with E-state index in [1.807, 2.05) is 0 Å². The number of benzene rings is 1. The summed E-state index contributed by atoms with van der Waals surface area (Å²) in [5.41, 5.74) is 0.350. The van der Waals surface area contributed by atoms with Crippen molar-refractivity contribution in [1.29, 1.82) is 0 Å². The summed E-state index contributed by atoms with van der Waals surface area (Å²) in [5, 5.41) is 11.6. The lowest BCUT2D eigenvalue weighted by Crippen LogP contribution is -2.37. The third-order valence-electron chi connectivity index (χ3n) is 3.28. The number of aryl methyl sites for hydroxylation is 1. The Morgan fingerprint density at radius 1 is 1.38 bits per heavy atom. The predicted molar refractivity (Wildman–Crippen MR) is 74.5 cm³/mol. The molecule has 1 aliphatic rings. The van der Waals surface area contributed by atoms with Crippen LogP contribution in [0.3, 0.4) is 0 Å². The molecule has 1 saturated heterocycles. The van der Waals surface area contributed by atoms with Gasteiger partial charge < -0.3 is 10.4 Å². The van der Waals surface area contributed by atoms with Crippen LogP contribution in [0, 0.1) is 6.92 Å². The minimum absolute atomic E-state index is 0.0721. The number of sulfonamides is 1. The normalized spacial score (nSPS) is 17.1. The van der Waals surface area contributed by atoms with Crippen LogP contribution in [-0.4, -0.2) is 49.3 Å². The molecular formula is C13H16N2O5S. The molecule has 2 N–H and O–H groups in total. The van der Waals surface area contributed by atoms with E-state index in [1.165, 1.54) is 12.1 Å². The lowest BCUT2D eigenvalue weighted by molar-refractivity contribution is -0.120. The summed E-state index contributed by atoms with van der Waals surface area (Å²) in [6.45, 7) is 1.99. The summed E-state index contributed by atoms with van der Waals surface area (Å²) in [4.78, 5) is 22.5. The van der Waals surface area contributed by atoms with E-state index in [9.17, 15) is 18.0 Å². The van der Waals surface area contributed by atoms with Gasteiger partial charge in [0.25, 0.3) is 0 Å². The van der Waals surface area contributed by atoms with Gasteiger partial charge in [-0.15, -0.1) is 0 Å². The van der Waals surface area contributed by atoms with Gasteiger partial charge in [-0.1, -0.05) is 6.07 Å². The highest BCUT2D eigenvalue weighted by molar-refractivity contribution is 7.89. The van der Waals surface area contributed by atoms with Gasteiger partial charge in [0.15, 0.2) is 0 Å². The molecule has 7 nitrogen and oxygen atoms in total. The first-order valence-electron chi connectivity index (χ1n) is 6.43. The van der Waals surface area contributed by atoms with Crippen molar-refractivity contribution in [1.82, 2.24) is 9.62 Å². The molecule has 0 unspecified atom stereocenters. The highest BCUT2D eigenvalue weighted by atomic mass is 32.2. The molecule has 0 radical (unpaired) electrons. The highest BCUT2D eigenvalue weighted by Gasteiger charge is 2.29. The third kappa shape index (κ3) is 3.22. The summed E-state index contributed by atoms with van der Waals surface area (Å²) >= 11 is 0. The number of nitrogens with one attached hydrogen (secondary N) is 1. The highest BCUT2D eigenvalue weighted by Crippen LogP contribution is 2.22. The molecule has 2 rings (SSSR count). The van der Waals surface area contributed by atoms with Crippen LogP contribution < -0.4 is 5.32 Å². The van der Waals surface area contributed by atoms with E-state index in [0.717, 1.165) is 10.4 Å². The van der Waals surface area contributed by atoms with E-state index in [-0.39, 0.29) is 29.5 Å². The molecule has 0 aromatic heterocycles. The van der Waals surface area contributed by atoms with Gasteiger partial charge in [-0.3, -0.25) is 4.79 Å². The largest absolute Gasteiger partial charge is 0.478 e. The third-order valence-corrected chi connectivity index (χ3v) is 5.27. The molecule has 1 aromatic rings. The Balaban J connectivity index is 2.45. The molecule has 114 valence electrons. The Labute approximate surface area is 122 Å². The van der Waals surface area contributed by atoms with Crippen molar-refractivity contribution in [2.75, 3.05) is 19.6 Å². The van der Waals surface area contributed by atoms with Gasteiger partial charge in [0.1, 0.15) is 0 Å². The Morgan fingerprint density at radius 2 is 2.10 bits per heavy atom. The van der Waals surface area contributed by atoms with Gasteiger partial charge >= 0.3 is 5.97 Å². The summed E-state index contributed by atoms with van der Waals surface area (Å²) in [6, 6.07) is 3.94. The van der Waals surface area contributed by atoms with Crippen LogP contribution in [0.25, 0.3) is 0 Å². The van der Waals surface area contributed by atoms with E-state index >= 15 is 0 Å². The SMILES string of the molecule is Cc1ccc(C(=O)O)cc1S(=O)(=O)N1CCCNC(=O)C1. The van der Waals surface area contributed by atoms with Crippen LogP contribution in [-0.2, 0) is 14.8 Å². The summed E-state index contributed by atoms with van der Waals surface area (Å²) in [7, 11) is -3.90. The monoisotopic (exact) mass is 312 g/mol. The Kier molecular flexibility index (Phi) is 4.29. The van der Waals surface area contributed by atoms with Crippen LogP contribution in [0.5, 0.6) is 0 Å². The van der Waals surface area contributed by atoms with Crippen LogP contribution in [0.15, 0.2) is 23.1 Å². The quantitative estimate of drug-likeness (QED) is 0.830. The van der Waals surface area contributed by atoms with Gasteiger partial charge in [-0.2, -0.15) is 4.31 Å². The second kappa shape index (κ2) is 5.82. The number of hydrogen-bond acceptors (Lipinski definition) is 4. The summed E-state index contributed by atoms with van der Waals surface area (Å²) < 4.78 is 26.4. The standard InChI is InChI=1S/C13H16N2O5S/c1-9-3-4-10(13(17)18)7-11(9)21(19,20)15-6-2-5-14-12(16)8-15/h3-4,7H,2,5-6,8H2,1H3,(H,14,16)(H,17,18). The van der Waals surface area contributed by atoms with E-state index < -0.39 is 16.0 Å². The molecule has 1 aromatic carbocycles. The number of hydrogen-bond donors (Lipinski definition) is 2. The van der Waals surface area contributed by atoms with Crippen LogP contribution in [0.1, 0.15) is 22.3 Å². The molecule has 0 saturated carbocycles. The van der Waals surface area contributed by atoms with Crippen LogP contribution in [0.2, 0.25) is 0 Å². The molecule has 1 heterocycles. The van der Waals surface area contributed by atoms with Crippen molar-refractivity contribution in [3.63, 3.8) is 0 Å². The maximum Gasteiger partial charge on any atom is 0.335 e. The van der Waals surface area contributed by atoms with Gasteiger partial charge in [0.05, 0.1) is 17.0 Å². The van der Waals surface area contributed by atoms with Crippen molar-refractivity contribution >= 4 is 21.9 Å². The number of carbonyl (C=O) groups excluding carboxylic acids is 1. The van der Waals surface area contributed by atoms with Crippen molar-refractivity contribution in [2.24, 2.45) is 0 Å². The minimum Gasteiger partial charge on any atom is -0.478 e. The lowest BCUT2D eigenvalue weighted by atomic mass is 10.1. The number of amides is 1. The molecule has 0 aliphatic carbocycles. The topological polar surface area (TPSA) is 104 Å². The fraction of sp³-hybridized carbons (Fsp3) is 0.385. The number of aromatic carboxylic acids is 1.